The van der Waals surface area contributed by atoms with Gasteiger partial charge >= 0.3 is 5.69 Å². The molecule has 1 fully saturated rings. The van der Waals surface area contributed by atoms with Crippen LogP contribution in [0.5, 0.6) is 0 Å². The number of halogens is 1. The molecule has 1 aromatic rings. The molecule has 17 heavy (non-hydrogen) atoms. The summed E-state index contributed by atoms with van der Waals surface area (Å²) in [5, 5.41) is 18.0. The van der Waals surface area contributed by atoms with E-state index in [1.807, 2.05) is 0 Å². The van der Waals surface area contributed by atoms with E-state index in [4.69, 9.17) is 15.7 Å². The smallest absolute Gasteiger partial charge is 0.351 e. The molecule has 4 atom stereocenters. The number of ether oxygens (including phenoxy) is 1. The lowest BCUT2D eigenvalue weighted by molar-refractivity contribution is -0.0963. The molecule has 5 N–H and O–H groups in total. The number of aliphatic hydroxyl groups excluding tert-OH is 1. The standard InChI is InChI=1S/C8H11FN4O4/c9-4-5(14)6(12-16)17-7(4)13-2-1-3(10)11-8(13)15/h1-2,4-7,12,14,16H,(H2,10,11,15)/t4?,5-,6-,7+/m0/s1. The van der Waals surface area contributed by atoms with Gasteiger partial charge in [0.05, 0.1) is 0 Å². The van der Waals surface area contributed by atoms with Gasteiger partial charge in [-0.3, -0.25) is 4.57 Å². The Morgan fingerprint density at radius 2 is 2.35 bits per heavy atom. The molecule has 0 aromatic carbocycles. The van der Waals surface area contributed by atoms with Crippen molar-refractivity contribution < 1.29 is 19.4 Å². The number of nitrogens with one attached hydrogen (secondary N) is 1. The number of aliphatic hydroxyl groups is 1. The zero-order chi connectivity index (χ0) is 12.6. The Balaban J connectivity index is 2.32. The first kappa shape index (κ1) is 11.9. The van der Waals surface area contributed by atoms with Crippen LogP contribution in [-0.2, 0) is 4.74 Å². The molecular formula is C8H11FN4O4. The summed E-state index contributed by atoms with van der Waals surface area (Å²) in [5.74, 6) is -0.00274. The number of alkyl halides is 1. The lowest BCUT2D eigenvalue weighted by Gasteiger charge is -2.15. The summed E-state index contributed by atoms with van der Waals surface area (Å²) in [6, 6.07) is 1.30. The van der Waals surface area contributed by atoms with E-state index in [0.717, 1.165) is 4.57 Å². The average Bonchev–Trinajstić information content (AvgIpc) is 2.57. The molecule has 2 rings (SSSR count). The zero-order valence-electron chi connectivity index (χ0n) is 8.52. The van der Waals surface area contributed by atoms with Gasteiger partial charge in [0.25, 0.3) is 0 Å². The molecule has 8 nitrogen and oxygen atoms in total. The fourth-order valence-electron chi connectivity index (χ4n) is 1.59. The highest BCUT2D eigenvalue weighted by atomic mass is 19.1. The van der Waals surface area contributed by atoms with Crippen molar-refractivity contribution in [3.8, 4) is 0 Å². The van der Waals surface area contributed by atoms with Crippen molar-refractivity contribution >= 4 is 5.82 Å². The van der Waals surface area contributed by atoms with Crippen molar-refractivity contribution in [2.24, 2.45) is 0 Å². The summed E-state index contributed by atoms with van der Waals surface area (Å²) in [5.41, 5.74) is 6.08. The second kappa shape index (κ2) is 4.37. The molecule has 0 bridgehead atoms. The highest BCUT2D eigenvalue weighted by Gasteiger charge is 2.45. The average molecular weight is 246 g/mol. The monoisotopic (exact) mass is 246 g/mol. The van der Waals surface area contributed by atoms with E-state index < -0.39 is 30.4 Å². The zero-order valence-corrected chi connectivity index (χ0v) is 8.52. The van der Waals surface area contributed by atoms with Crippen molar-refractivity contribution in [2.45, 2.75) is 24.7 Å². The van der Waals surface area contributed by atoms with Crippen LogP contribution in [0, 0.1) is 0 Å². The van der Waals surface area contributed by atoms with Gasteiger partial charge in [0.2, 0.25) is 0 Å². The molecule has 1 unspecified atom stereocenters. The van der Waals surface area contributed by atoms with Gasteiger partial charge in [-0.05, 0) is 6.07 Å². The Morgan fingerprint density at radius 3 is 2.88 bits per heavy atom. The second-order valence-electron chi connectivity index (χ2n) is 3.55. The first-order valence-corrected chi connectivity index (χ1v) is 4.76. The summed E-state index contributed by atoms with van der Waals surface area (Å²) in [7, 11) is 0. The van der Waals surface area contributed by atoms with Gasteiger partial charge in [-0.15, -0.1) is 0 Å². The molecule has 1 aromatic heterocycles. The van der Waals surface area contributed by atoms with Crippen molar-refractivity contribution in [3.63, 3.8) is 0 Å². The summed E-state index contributed by atoms with van der Waals surface area (Å²) in [6.07, 6.45) is -4.93. The lowest BCUT2D eigenvalue weighted by atomic mass is 10.2. The molecule has 94 valence electrons. The fourth-order valence-corrected chi connectivity index (χ4v) is 1.59. The molecular weight excluding hydrogens is 235 g/mol. The van der Waals surface area contributed by atoms with E-state index in [2.05, 4.69) is 4.98 Å². The van der Waals surface area contributed by atoms with Gasteiger partial charge in [0.15, 0.2) is 18.6 Å². The number of nitrogens with zero attached hydrogens (tertiary/aromatic N) is 2. The van der Waals surface area contributed by atoms with Crippen LogP contribution in [0.4, 0.5) is 10.2 Å². The quantitative estimate of drug-likeness (QED) is 0.461. The van der Waals surface area contributed by atoms with Gasteiger partial charge < -0.3 is 20.8 Å². The van der Waals surface area contributed by atoms with Crippen LogP contribution >= 0.6 is 0 Å². The van der Waals surface area contributed by atoms with Crippen LogP contribution in [-0.4, -0.2) is 38.4 Å². The number of nitrogens with two attached hydrogens (primary N) is 1. The van der Waals surface area contributed by atoms with E-state index in [1.54, 1.807) is 5.48 Å². The Kier molecular flexibility index (Phi) is 3.07. The number of hydrogen-bond donors (Lipinski definition) is 4. The highest BCUT2D eigenvalue weighted by molar-refractivity contribution is 5.23. The van der Waals surface area contributed by atoms with Crippen molar-refractivity contribution in [1.82, 2.24) is 15.0 Å². The van der Waals surface area contributed by atoms with E-state index in [-0.39, 0.29) is 5.82 Å². The van der Waals surface area contributed by atoms with Gasteiger partial charge in [-0.2, -0.15) is 10.5 Å². The third kappa shape index (κ3) is 2.00. The fraction of sp³-hybridized carbons (Fsp3) is 0.500. The number of aromatic nitrogens is 2. The number of rotatable bonds is 2. The van der Waals surface area contributed by atoms with Gasteiger partial charge in [-0.25, -0.2) is 9.18 Å². The first-order valence-electron chi connectivity index (χ1n) is 4.76. The minimum atomic E-state index is -1.87. The predicted molar refractivity (Wildman–Crippen MR) is 52.6 cm³/mol. The molecule has 1 aliphatic heterocycles. The molecule has 1 saturated heterocycles. The Labute approximate surface area is 94.4 Å². The Hall–Kier alpha value is -1.55. The molecule has 0 spiro atoms. The second-order valence-corrected chi connectivity index (χ2v) is 3.55. The molecule has 0 amide bonds. The van der Waals surface area contributed by atoms with Crippen molar-refractivity contribution in [2.75, 3.05) is 5.73 Å². The largest absolute Gasteiger partial charge is 0.386 e. The molecule has 2 heterocycles. The number of nitrogen functional groups attached to an aromatic ring is 1. The molecule has 0 aliphatic carbocycles. The number of anilines is 1. The van der Waals surface area contributed by atoms with Crippen molar-refractivity contribution in [1.29, 1.82) is 0 Å². The van der Waals surface area contributed by atoms with E-state index >= 15 is 0 Å². The van der Waals surface area contributed by atoms with E-state index in [9.17, 15) is 14.3 Å². The summed E-state index contributed by atoms with van der Waals surface area (Å²) < 4.78 is 19.4. The maximum Gasteiger partial charge on any atom is 0.351 e. The normalized spacial score (nSPS) is 32.9. The molecule has 0 radical (unpaired) electrons. The third-order valence-electron chi connectivity index (χ3n) is 2.45. The van der Waals surface area contributed by atoms with Crippen LogP contribution in [0.15, 0.2) is 17.1 Å². The van der Waals surface area contributed by atoms with Gasteiger partial charge in [0, 0.05) is 6.20 Å². The van der Waals surface area contributed by atoms with Crippen LogP contribution in [0.2, 0.25) is 0 Å². The predicted octanol–water partition coefficient (Wildman–Crippen LogP) is -1.64. The summed E-state index contributed by atoms with van der Waals surface area (Å²) in [6.45, 7) is 0. The topological polar surface area (TPSA) is 123 Å². The lowest BCUT2D eigenvalue weighted by Crippen LogP contribution is -2.37. The van der Waals surface area contributed by atoms with Crippen LogP contribution in [0.1, 0.15) is 6.23 Å². The molecule has 9 heteroatoms. The Bertz CT molecular complexity index is 467. The van der Waals surface area contributed by atoms with Crippen molar-refractivity contribution in [3.05, 3.63) is 22.7 Å². The summed E-state index contributed by atoms with van der Waals surface area (Å²) >= 11 is 0. The van der Waals surface area contributed by atoms with Crippen LogP contribution < -0.4 is 16.9 Å². The number of hydroxylamine groups is 1. The first-order chi connectivity index (χ1) is 8.04. The SMILES string of the molecule is Nc1ccn([C@@H]2O[C@H](NO)[C@@H](O)C2F)c(=O)n1. The molecule has 1 aliphatic rings. The summed E-state index contributed by atoms with van der Waals surface area (Å²) in [4.78, 5) is 14.8. The Morgan fingerprint density at radius 1 is 1.65 bits per heavy atom. The third-order valence-corrected chi connectivity index (χ3v) is 2.45. The maximum atomic E-state index is 13.6. The number of hydrogen-bond acceptors (Lipinski definition) is 7. The van der Waals surface area contributed by atoms with Gasteiger partial charge in [-0.1, -0.05) is 0 Å². The van der Waals surface area contributed by atoms with E-state index in [1.165, 1.54) is 12.3 Å². The van der Waals surface area contributed by atoms with E-state index in [0.29, 0.717) is 0 Å². The van der Waals surface area contributed by atoms with Crippen LogP contribution in [0.3, 0.4) is 0 Å². The van der Waals surface area contributed by atoms with Crippen LogP contribution in [0.25, 0.3) is 0 Å². The minimum Gasteiger partial charge on any atom is -0.386 e. The minimum absolute atomic E-state index is 0.00274. The highest BCUT2D eigenvalue weighted by Crippen LogP contribution is 2.29. The molecule has 0 saturated carbocycles. The van der Waals surface area contributed by atoms with Gasteiger partial charge in [0.1, 0.15) is 11.9 Å². The maximum absolute atomic E-state index is 13.6.